The van der Waals surface area contributed by atoms with Gasteiger partial charge in [0.2, 0.25) is 0 Å². The first-order chi connectivity index (χ1) is 10.1. The summed E-state index contributed by atoms with van der Waals surface area (Å²) in [5, 5.41) is 5.11. The lowest BCUT2D eigenvalue weighted by Gasteiger charge is -2.19. The Morgan fingerprint density at radius 2 is 2.14 bits per heavy atom. The fourth-order valence-corrected chi connectivity index (χ4v) is 4.19. The van der Waals surface area contributed by atoms with Crippen molar-refractivity contribution in [1.29, 1.82) is 0 Å². The molecular weight excluding hydrogens is 278 g/mol. The minimum absolute atomic E-state index is 0.0377. The van der Waals surface area contributed by atoms with Crippen LogP contribution in [0.3, 0.4) is 0 Å². The Labute approximate surface area is 130 Å². The van der Waals surface area contributed by atoms with Gasteiger partial charge >= 0.3 is 0 Å². The number of hydrogen-bond donors (Lipinski definition) is 1. The molecule has 0 aliphatic heterocycles. The molecule has 2 aromatic rings. The zero-order chi connectivity index (χ0) is 15.0. The van der Waals surface area contributed by atoms with E-state index in [1.807, 2.05) is 17.5 Å². The summed E-state index contributed by atoms with van der Waals surface area (Å²) in [6.07, 6.45) is 3.35. The molecule has 1 aromatic carbocycles. The number of fused-ring (bicyclic) bond motifs is 1. The predicted molar refractivity (Wildman–Crippen MR) is 89.4 cm³/mol. The fourth-order valence-electron chi connectivity index (χ4n) is 2.94. The molecule has 0 saturated carbocycles. The van der Waals surface area contributed by atoms with Crippen LogP contribution in [0.25, 0.3) is 0 Å². The summed E-state index contributed by atoms with van der Waals surface area (Å²) in [7, 11) is 0. The lowest BCUT2D eigenvalue weighted by Crippen LogP contribution is -2.17. The summed E-state index contributed by atoms with van der Waals surface area (Å²) in [6, 6.07) is 6.03. The van der Waals surface area contributed by atoms with Crippen LogP contribution >= 0.6 is 11.3 Å². The van der Waals surface area contributed by atoms with E-state index in [0.717, 1.165) is 35.6 Å². The number of carbonyl (C=O) groups is 1. The highest BCUT2D eigenvalue weighted by Gasteiger charge is 2.23. The molecule has 0 saturated heterocycles. The highest BCUT2D eigenvalue weighted by Crippen LogP contribution is 2.33. The summed E-state index contributed by atoms with van der Waals surface area (Å²) in [5.41, 5.74) is 5.42. The highest BCUT2D eigenvalue weighted by molar-refractivity contribution is 7.10. The van der Waals surface area contributed by atoms with Crippen LogP contribution in [0.15, 0.2) is 23.6 Å². The summed E-state index contributed by atoms with van der Waals surface area (Å²) >= 11 is 1.74. The number of aryl methyl sites for hydroxylation is 1. The Balaban J connectivity index is 1.85. The first kappa shape index (κ1) is 14.3. The van der Waals surface area contributed by atoms with E-state index in [1.165, 1.54) is 22.4 Å². The van der Waals surface area contributed by atoms with E-state index in [-0.39, 0.29) is 5.91 Å². The fraction of sp³-hybridized carbons (Fsp3) is 0.389. The van der Waals surface area contributed by atoms with Crippen molar-refractivity contribution in [3.63, 3.8) is 0 Å². The van der Waals surface area contributed by atoms with E-state index in [2.05, 4.69) is 32.2 Å². The molecule has 1 unspecified atom stereocenters. The second kappa shape index (κ2) is 5.64. The van der Waals surface area contributed by atoms with Crippen LogP contribution in [0.4, 0.5) is 5.69 Å². The van der Waals surface area contributed by atoms with Gasteiger partial charge in [-0.05, 0) is 61.8 Å². The Kier molecular flexibility index (Phi) is 3.85. The maximum Gasteiger partial charge on any atom is 0.256 e. The van der Waals surface area contributed by atoms with Crippen molar-refractivity contribution in [2.75, 3.05) is 5.32 Å². The van der Waals surface area contributed by atoms with E-state index in [9.17, 15) is 4.79 Å². The second-order valence-corrected chi connectivity index (χ2v) is 7.06. The first-order valence-corrected chi connectivity index (χ1v) is 8.41. The average Bonchev–Trinajstić information content (AvgIpc) is 2.86. The van der Waals surface area contributed by atoms with Gasteiger partial charge in [0.1, 0.15) is 0 Å². The number of carbonyl (C=O) groups excluding carboxylic acids is 1. The van der Waals surface area contributed by atoms with Crippen LogP contribution in [0.2, 0.25) is 0 Å². The highest BCUT2D eigenvalue weighted by atomic mass is 32.1. The quantitative estimate of drug-likeness (QED) is 0.852. The Morgan fingerprint density at radius 3 is 2.95 bits per heavy atom. The molecule has 0 spiro atoms. The minimum Gasteiger partial charge on any atom is -0.322 e. The zero-order valence-corrected chi connectivity index (χ0v) is 13.6. The van der Waals surface area contributed by atoms with Crippen molar-refractivity contribution in [1.82, 2.24) is 0 Å². The van der Waals surface area contributed by atoms with E-state index in [4.69, 9.17) is 0 Å². The van der Waals surface area contributed by atoms with E-state index < -0.39 is 0 Å². The van der Waals surface area contributed by atoms with Crippen LogP contribution in [0.5, 0.6) is 0 Å². The number of nitrogens with one attached hydrogen (secondary N) is 1. The zero-order valence-electron chi connectivity index (χ0n) is 12.8. The molecule has 3 rings (SSSR count). The van der Waals surface area contributed by atoms with Crippen molar-refractivity contribution < 1.29 is 4.79 Å². The van der Waals surface area contributed by atoms with Crippen LogP contribution in [-0.2, 0) is 12.8 Å². The molecule has 1 aromatic heterocycles. The lowest BCUT2D eigenvalue weighted by atomic mass is 9.88. The summed E-state index contributed by atoms with van der Waals surface area (Å²) in [4.78, 5) is 14.0. The second-order valence-electron chi connectivity index (χ2n) is 6.10. The molecule has 1 heterocycles. The maximum atomic E-state index is 12.6. The Morgan fingerprint density at radius 1 is 1.33 bits per heavy atom. The largest absolute Gasteiger partial charge is 0.322 e. The van der Waals surface area contributed by atoms with Gasteiger partial charge in [0.05, 0.1) is 5.56 Å². The molecule has 0 fully saturated rings. The summed E-state index contributed by atoms with van der Waals surface area (Å²) < 4.78 is 0. The number of anilines is 1. The van der Waals surface area contributed by atoms with Crippen LogP contribution in [-0.4, -0.2) is 5.91 Å². The monoisotopic (exact) mass is 299 g/mol. The summed E-state index contributed by atoms with van der Waals surface area (Å²) in [6.45, 7) is 6.41. The normalized spacial score (nSPS) is 17.4. The van der Waals surface area contributed by atoms with Gasteiger partial charge in [-0.2, -0.15) is 0 Å². The molecule has 0 bridgehead atoms. The standard InChI is InChI=1S/C18H21NOS/c1-11-7-8-14-15(10-21-17(14)9-11)18(20)19-16-6-4-5-12(2)13(16)3/h4-6,10-11H,7-9H2,1-3H3,(H,19,20). The van der Waals surface area contributed by atoms with E-state index >= 15 is 0 Å². The molecule has 1 N–H and O–H groups in total. The first-order valence-electron chi connectivity index (χ1n) is 7.53. The summed E-state index contributed by atoms with van der Waals surface area (Å²) in [5.74, 6) is 0.779. The van der Waals surface area contributed by atoms with Gasteiger partial charge in [-0.25, -0.2) is 0 Å². The van der Waals surface area contributed by atoms with Crippen molar-refractivity contribution in [2.24, 2.45) is 5.92 Å². The third-order valence-corrected chi connectivity index (χ3v) is 5.55. The van der Waals surface area contributed by atoms with Crippen LogP contribution in [0, 0.1) is 19.8 Å². The molecule has 1 aliphatic rings. The van der Waals surface area contributed by atoms with Crippen molar-refractivity contribution in [2.45, 2.75) is 40.0 Å². The minimum atomic E-state index is 0.0377. The molecule has 2 nitrogen and oxygen atoms in total. The molecular formula is C18H21NOS. The number of amides is 1. The Hall–Kier alpha value is -1.61. The van der Waals surface area contributed by atoms with Crippen molar-refractivity contribution in [3.05, 3.63) is 50.7 Å². The molecule has 110 valence electrons. The molecule has 1 aliphatic carbocycles. The third-order valence-electron chi connectivity index (χ3n) is 4.50. The van der Waals surface area contributed by atoms with Crippen LogP contribution in [0.1, 0.15) is 45.3 Å². The number of hydrogen-bond acceptors (Lipinski definition) is 2. The average molecular weight is 299 g/mol. The van der Waals surface area contributed by atoms with E-state index in [1.54, 1.807) is 11.3 Å². The smallest absolute Gasteiger partial charge is 0.256 e. The van der Waals surface area contributed by atoms with Gasteiger partial charge in [-0.3, -0.25) is 4.79 Å². The Bertz CT molecular complexity index is 687. The number of benzene rings is 1. The van der Waals surface area contributed by atoms with E-state index in [0.29, 0.717) is 0 Å². The van der Waals surface area contributed by atoms with Gasteiger partial charge < -0.3 is 5.32 Å². The topological polar surface area (TPSA) is 29.1 Å². The lowest BCUT2D eigenvalue weighted by molar-refractivity contribution is 0.102. The van der Waals surface area contributed by atoms with Crippen molar-refractivity contribution in [3.8, 4) is 0 Å². The molecule has 3 heteroatoms. The van der Waals surface area contributed by atoms with Crippen LogP contribution < -0.4 is 5.32 Å². The molecule has 21 heavy (non-hydrogen) atoms. The molecule has 1 atom stereocenters. The molecule has 0 radical (unpaired) electrons. The maximum absolute atomic E-state index is 12.6. The molecule has 1 amide bonds. The number of rotatable bonds is 2. The number of thiophene rings is 1. The van der Waals surface area contributed by atoms with Gasteiger partial charge in [-0.1, -0.05) is 19.1 Å². The van der Waals surface area contributed by atoms with Gasteiger partial charge in [0, 0.05) is 15.9 Å². The third kappa shape index (κ3) is 2.75. The predicted octanol–water partition coefficient (Wildman–Crippen LogP) is 4.74. The van der Waals surface area contributed by atoms with Gasteiger partial charge in [-0.15, -0.1) is 11.3 Å². The van der Waals surface area contributed by atoms with Gasteiger partial charge in [0.25, 0.3) is 5.91 Å². The SMILES string of the molecule is Cc1cccc(NC(=O)c2csc3c2CCC(C)C3)c1C. The van der Waals surface area contributed by atoms with Crippen molar-refractivity contribution >= 4 is 22.9 Å². The van der Waals surface area contributed by atoms with Gasteiger partial charge in [0.15, 0.2) is 0 Å².